The number of carbonyl (C=O) groups is 1. The SMILES string of the molecule is CC1CCCC(CCl)(NC(=O)C2CCSC2)C1. The second-order valence-electron chi connectivity index (χ2n) is 5.67. The van der Waals surface area contributed by atoms with Crippen molar-refractivity contribution in [2.45, 2.75) is 44.6 Å². The van der Waals surface area contributed by atoms with E-state index in [1.165, 1.54) is 12.8 Å². The molecule has 1 amide bonds. The highest BCUT2D eigenvalue weighted by Gasteiger charge is 2.37. The van der Waals surface area contributed by atoms with Crippen molar-refractivity contribution < 1.29 is 4.79 Å². The van der Waals surface area contributed by atoms with Crippen LogP contribution in [0, 0.1) is 11.8 Å². The summed E-state index contributed by atoms with van der Waals surface area (Å²) in [6, 6.07) is 0. The Hall–Kier alpha value is 0.110. The zero-order valence-electron chi connectivity index (χ0n) is 10.5. The van der Waals surface area contributed by atoms with Gasteiger partial charge in [-0.3, -0.25) is 4.79 Å². The third-order valence-electron chi connectivity index (χ3n) is 4.04. The third-order valence-corrected chi connectivity index (χ3v) is 5.71. The highest BCUT2D eigenvalue weighted by Crippen LogP contribution is 2.34. The molecule has 0 aromatic heterocycles. The van der Waals surface area contributed by atoms with Crippen molar-refractivity contribution in [3.63, 3.8) is 0 Å². The second-order valence-corrected chi connectivity index (χ2v) is 7.08. The molecule has 2 fully saturated rings. The molecule has 1 N–H and O–H groups in total. The molecule has 3 atom stereocenters. The molecule has 17 heavy (non-hydrogen) atoms. The summed E-state index contributed by atoms with van der Waals surface area (Å²) < 4.78 is 0. The molecule has 3 unspecified atom stereocenters. The summed E-state index contributed by atoms with van der Waals surface area (Å²) in [5.41, 5.74) is -0.121. The molecule has 1 saturated heterocycles. The zero-order valence-corrected chi connectivity index (χ0v) is 12.1. The fourth-order valence-corrected chi connectivity index (χ4v) is 4.56. The lowest BCUT2D eigenvalue weighted by molar-refractivity contribution is -0.126. The molecule has 0 aromatic carbocycles. The van der Waals surface area contributed by atoms with E-state index in [1.54, 1.807) is 0 Å². The van der Waals surface area contributed by atoms with Gasteiger partial charge in [-0.1, -0.05) is 19.8 Å². The van der Waals surface area contributed by atoms with E-state index in [-0.39, 0.29) is 17.4 Å². The molecule has 98 valence electrons. The molecule has 2 aliphatic rings. The van der Waals surface area contributed by atoms with Gasteiger partial charge in [0.1, 0.15) is 0 Å². The van der Waals surface area contributed by atoms with Crippen LogP contribution in [0.25, 0.3) is 0 Å². The average Bonchev–Trinajstić information content (AvgIpc) is 2.82. The van der Waals surface area contributed by atoms with Crippen molar-refractivity contribution >= 4 is 29.3 Å². The minimum absolute atomic E-state index is 0.121. The van der Waals surface area contributed by atoms with E-state index in [1.807, 2.05) is 11.8 Å². The highest BCUT2D eigenvalue weighted by molar-refractivity contribution is 7.99. The summed E-state index contributed by atoms with van der Waals surface area (Å²) in [4.78, 5) is 12.2. The van der Waals surface area contributed by atoms with Crippen LogP contribution in [0.2, 0.25) is 0 Å². The Balaban J connectivity index is 1.95. The molecule has 4 heteroatoms. The molecule has 1 saturated carbocycles. The van der Waals surface area contributed by atoms with E-state index in [9.17, 15) is 4.79 Å². The average molecular weight is 276 g/mol. The molecule has 2 nitrogen and oxygen atoms in total. The Morgan fingerprint density at radius 2 is 2.35 bits per heavy atom. The minimum atomic E-state index is -0.121. The zero-order chi connectivity index (χ0) is 12.3. The molecule has 0 spiro atoms. The van der Waals surface area contributed by atoms with Crippen LogP contribution in [0.3, 0.4) is 0 Å². The standard InChI is InChI=1S/C13H22ClNOS/c1-10-3-2-5-13(7-10,9-14)15-12(16)11-4-6-17-8-11/h10-11H,2-9H2,1H3,(H,15,16). The van der Waals surface area contributed by atoms with Crippen LogP contribution in [-0.4, -0.2) is 28.8 Å². The number of carbonyl (C=O) groups excluding carboxylic acids is 1. The van der Waals surface area contributed by atoms with Gasteiger partial charge in [0, 0.05) is 17.6 Å². The van der Waals surface area contributed by atoms with Crippen LogP contribution in [0.15, 0.2) is 0 Å². The van der Waals surface area contributed by atoms with Gasteiger partial charge in [-0.15, -0.1) is 11.6 Å². The summed E-state index contributed by atoms with van der Waals surface area (Å²) in [5.74, 6) is 3.81. The predicted molar refractivity (Wildman–Crippen MR) is 74.7 cm³/mol. The fraction of sp³-hybridized carbons (Fsp3) is 0.923. The number of nitrogens with one attached hydrogen (secondary N) is 1. The number of rotatable bonds is 3. The number of halogens is 1. The van der Waals surface area contributed by atoms with E-state index < -0.39 is 0 Å². The summed E-state index contributed by atoms with van der Waals surface area (Å²) in [6.45, 7) is 2.26. The number of alkyl halides is 1. The quantitative estimate of drug-likeness (QED) is 0.802. The smallest absolute Gasteiger partial charge is 0.224 e. The van der Waals surface area contributed by atoms with Crippen molar-refractivity contribution in [3.8, 4) is 0 Å². The van der Waals surface area contributed by atoms with Crippen molar-refractivity contribution in [2.75, 3.05) is 17.4 Å². The van der Waals surface area contributed by atoms with E-state index in [0.717, 1.165) is 30.8 Å². The van der Waals surface area contributed by atoms with Crippen molar-refractivity contribution in [1.29, 1.82) is 0 Å². The molecule has 2 rings (SSSR count). The van der Waals surface area contributed by atoms with Gasteiger partial charge >= 0.3 is 0 Å². The van der Waals surface area contributed by atoms with Crippen molar-refractivity contribution in [3.05, 3.63) is 0 Å². The number of amides is 1. The fourth-order valence-electron chi connectivity index (χ4n) is 3.03. The van der Waals surface area contributed by atoms with Gasteiger partial charge in [0.15, 0.2) is 0 Å². The van der Waals surface area contributed by atoms with Crippen molar-refractivity contribution in [1.82, 2.24) is 5.32 Å². The second kappa shape index (κ2) is 5.83. The molecule has 0 radical (unpaired) electrons. The maximum Gasteiger partial charge on any atom is 0.224 e. The van der Waals surface area contributed by atoms with Crippen LogP contribution >= 0.6 is 23.4 Å². The maximum atomic E-state index is 12.2. The Morgan fingerprint density at radius 1 is 1.53 bits per heavy atom. The lowest BCUT2D eigenvalue weighted by atomic mass is 9.77. The van der Waals surface area contributed by atoms with Gasteiger partial charge in [-0.2, -0.15) is 11.8 Å². The third kappa shape index (κ3) is 3.31. The van der Waals surface area contributed by atoms with Crippen LogP contribution in [0.4, 0.5) is 0 Å². The minimum Gasteiger partial charge on any atom is -0.349 e. The predicted octanol–water partition coefficient (Wildman–Crippen LogP) is 3.04. The van der Waals surface area contributed by atoms with E-state index in [0.29, 0.717) is 11.8 Å². The molecular weight excluding hydrogens is 254 g/mol. The lowest BCUT2D eigenvalue weighted by Gasteiger charge is -2.40. The normalized spacial score (nSPS) is 38.0. The van der Waals surface area contributed by atoms with Gasteiger partial charge in [0.25, 0.3) is 0 Å². The molecular formula is C13H22ClNOS. The maximum absolute atomic E-state index is 12.2. The topological polar surface area (TPSA) is 29.1 Å². The van der Waals surface area contributed by atoms with Gasteiger partial charge in [0.05, 0.1) is 5.54 Å². The summed E-state index contributed by atoms with van der Waals surface area (Å²) in [6.07, 6.45) is 5.58. The molecule has 1 aliphatic carbocycles. The summed E-state index contributed by atoms with van der Waals surface area (Å²) in [7, 11) is 0. The largest absolute Gasteiger partial charge is 0.349 e. The molecule has 0 aromatic rings. The van der Waals surface area contributed by atoms with Gasteiger partial charge in [-0.25, -0.2) is 0 Å². The van der Waals surface area contributed by atoms with Crippen LogP contribution < -0.4 is 5.32 Å². The first-order valence-corrected chi connectivity index (χ1v) is 8.30. The van der Waals surface area contributed by atoms with Crippen LogP contribution in [-0.2, 0) is 4.79 Å². The Bertz CT molecular complexity index is 281. The van der Waals surface area contributed by atoms with E-state index in [4.69, 9.17) is 11.6 Å². The van der Waals surface area contributed by atoms with Crippen LogP contribution in [0.5, 0.6) is 0 Å². The van der Waals surface area contributed by atoms with E-state index in [2.05, 4.69) is 12.2 Å². The Labute approximate surface area is 113 Å². The Morgan fingerprint density at radius 3 is 2.94 bits per heavy atom. The number of thioether (sulfide) groups is 1. The summed E-state index contributed by atoms with van der Waals surface area (Å²) >= 11 is 8.02. The first-order valence-electron chi connectivity index (χ1n) is 6.61. The van der Waals surface area contributed by atoms with Gasteiger partial charge in [0.2, 0.25) is 5.91 Å². The Kier molecular flexibility index (Phi) is 4.65. The van der Waals surface area contributed by atoms with Gasteiger partial charge < -0.3 is 5.32 Å². The van der Waals surface area contributed by atoms with E-state index >= 15 is 0 Å². The lowest BCUT2D eigenvalue weighted by Crippen LogP contribution is -2.54. The van der Waals surface area contributed by atoms with Crippen molar-refractivity contribution in [2.24, 2.45) is 11.8 Å². The van der Waals surface area contributed by atoms with Crippen LogP contribution in [0.1, 0.15) is 39.0 Å². The first-order chi connectivity index (χ1) is 8.15. The highest BCUT2D eigenvalue weighted by atomic mass is 35.5. The monoisotopic (exact) mass is 275 g/mol. The van der Waals surface area contributed by atoms with Gasteiger partial charge in [-0.05, 0) is 30.9 Å². The molecule has 1 heterocycles. The number of hydrogen-bond acceptors (Lipinski definition) is 2. The first kappa shape index (κ1) is 13.5. The summed E-state index contributed by atoms with van der Waals surface area (Å²) in [5, 5.41) is 3.27. The number of hydrogen-bond donors (Lipinski definition) is 1. The molecule has 0 bridgehead atoms. The molecule has 1 aliphatic heterocycles.